The summed E-state index contributed by atoms with van der Waals surface area (Å²) in [7, 11) is 0. The summed E-state index contributed by atoms with van der Waals surface area (Å²) < 4.78 is 86.1. The number of halogens is 6. The summed E-state index contributed by atoms with van der Waals surface area (Å²) in [6, 6.07) is 2.19. The van der Waals surface area contributed by atoms with Crippen LogP contribution in [-0.4, -0.2) is 25.5 Å². The molecule has 8 heteroatoms. The molecule has 1 aromatic rings. The van der Waals surface area contributed by atoms with Crippen molar-refractivity contribution in [3.05, 3.63) is 29.1 Å². The van der Waals surface area contributed by atoms with Crippen LogP contribution in [0, 0.1) is 18.7 Å². The lowest BCUT2D eigenvalue weighted by Gasteiger charge is -2.23. The van der Waals surface area contributed by atoms with Crippen molar-refractivity contribution in [2.45, 2.75) is 38.7 Å². The van der Waals surface area contributed by atoms with Gasteiger partial charge in [-0.05, 0) is 13.0 Å². The second-order valence-electron chi connectivity index (χ2n) is 5.23. The smallest absolute Gasteiger partial charge is 0.414 e. The Morgan fingerprint density at radius 3 is 2.41 bits per heavy atom. The van der Waals surface area contributed by atoms with E-state index < -0.39 is 42.3 Å². The van der Waals surface area contributed by atoms with Gasteiger partial charge >= 0.3 is 12.8 Å². The number of benzene rings is 1. The van der Waals surface area contributed by atoms with E-state index in [1.807, 2.05) is 0 Å². The normalized spacial score (nSPS) is 25.8. The van der Waals surface area contributed by atoms with E-state index in [0.717, 1.165) is 6.07 Å². The molecule has 1 heterocycles. The van der Waals surface area contributed by atoms with Crippen molar-refractivity contribution in [3.8, 4) is 5.75 Å². The maximum absolute atomic E-state index is 13.5. The SMILES string of the molecule is Cc1c(F)ccc(C2COC(C(F)(F)F)C2C)c1OC(F)F. The second-order valence-corrected chi connectivity index (χ2v) is 5.23. The molecule has 2 nitrogen and oxygen atoms in total. The summed E-state index contributed by atoms with van der Waals surface area (Å²) in [5.74, 6) is -2.99. The topological polar surface area (TPSA) is 18.5 Å². The van der Waals surface area contributed by atoms with Gasteiger partial charge in [0.15, 0.2) is 6.10 Å². The van der Waals surface area contributed by atoms with Gasteiger partial charge in [-0.3, -0.25) is 0 Å². The van der Waals surface area contributed by atoms with Gasteiger partial charge in [0.2, 0.25) is 0 Å². The molecular weight excluding hydrogens is 314 g/mol. The Morgan fingerprint density at radius 2 is 1.91 bits per heavy atom. The zero-order valence-corrected chi connectivity index (χ0v) is 11.8. The maximum atomic E-state index is 13.5. The predicted molar refractivity (Wildman–Crippen MR) is 65.5 cm³/mol. The number of hydrogen-bond donors (Lipinski definition) is 0. The van der Waals surface area contributed by atoms with E-state index in [2.05, 4.69) is 4.74 Å². The van der Waals surface area contributed by atoms with Crippen LogP contribution >= 0.6 is 0 Å². The van der Waals surface area contributed by atoms with Crippen molar-refractivity contribution < 1.29 is 35.8 Å². The number of hydrogen-bond acceptors (Lipinski definition) is 2. The first-order valence-corrected chi connectivity index (χ1v) is 6.55. The molecule has 1 aliphatic rings. The van der Waals surface area contributed by atoms with Gasteiger partial charge in [0.1, 0.15) is 11.6 Å². The molecule has 0 amide bonds. The third-order valence-corrected chi connectivity index (χ3v) is 3.87. The molecular formula is C14H14F6O2. The molecule has 124 valence electrons. The minimum atomic E-state index is -4.55. The van der Waals surface area contributed by atoms with E-state index in [-0.39, 0.29) is 17.7 Å². The Bertz CT molecular complexity index is 543. The molecule has 0 spiro atoms. The largest absolute Gasteiger partial charge is 0.434 e. The lowest BCUT2D eigenvalue weighted by Crippen LogP contribution is -2.33. The van der Waals surface area contributed by atoms with Crippen LogP contribution in [0.2, 0.25) is 0 Å². The Hall–Kier alpha value is -1.44. The predicted octanol–water partition coefficient (Wildman–Crippen LogP) is 4.42. The van der Waals surface area contributed by atoms with Crippen molar-refractivity contribution in [2.75, 3.05) is 6.61 Å². The van der Waals surface area contributed by atoms with Crippen LogP contribution in [0.15, 0.2) is 12.1 Å². The Labute approximate surface area is 123 Å². The summed E-state index contributed by atoms with van der Waals surface area (Å²) in [6.07, 6.45) is -6.53. The van der Waals surface area contributed by atoms with Crippen LogP contribution in [0.3, 0.4) is 0 Å². The first-order chi connectivity index (χ1) is 10.1. The molecule has 1 saturated heterocycles. The van der Waals surface area contributed by atoms with Gasteiger partial charge in [-0.15, -0.1) is 0 Å². The first-order valence-electron chi connectivity index (χ1n) is 6.55. The fourth-order valence-corrected chi connectivity index (χ4v) is 2.71. The van der Waals surface area contributed by atoms with Gasteiger partial charge in [-0.2, -0.15) is 22.0 Å². The average molecular weight is 328 g/mol. The molecule has 1 aromatic carbocycles. The average Bonchev–Trinajstić information content (AvgIpc) is 2.77. The number of rotatable bonds is 3. The second kappa shape index (κ2) is 5.98. The summed E-state index contributed by atoms with van der Waals surface area (Å²) in [5.41, 5.74) is -0.0705. The fourth-order valence-electron chi connectivity index (χ4n) is 2.71. The van der Waals surface area contributed by atoms with Crippen LogP contribution in [0.5, 0.6) is 5.75 Å². The summed E-state index contributed by atoms with van der Waals surface area (Å²) in [6.45, 7) is -0.940. The van der Waals surface area contributed by atoms with E-state index in [1.165, 1.54) is 19.9 Å². The highest BCUT2D eigenvalue weighted by atomic mass is 19.4. The van der Waals surface area contributed by atoms with Crippen molar-refractivity contribution in [1.82, 2.24) is 0 Å². The van der Waals surface area contributed by atoms with Gasteiger partial charge < -0.3 is 9.47 Å². The van der Waals surface area contributed by atoms with Crippen LogP contribution in [0.1, 0.15) is 24.0 Å². The molecule has 22 heavy (non-hydrogen) atoms. The highest BCUT2D eigenvalue weighted by Gasteiger charge is 2.51. The van der Waals surface area contributed by atoms with Crippen molar-refractivity contribution >= 4 is 0 Å². The molecule has 1 fully saturated rings. The summed E-state index contributed by atoms with van der Waals surface area (Å²) in [4.78, 5) is 0. The van der Waals surface area contributed by atoms with Crippen LogP contribution in [0.25, 0.3) is 0 Å². The summed E-state index contributed by atoms with van der Waals surface area (Å²) >= 11 is 0. The Kier molecular flexibility index (Phi) is 4.60. The van der Waals surface area contributed by atoms with Gasteiger partial charge in [0.25, 0.3) is 0 Å². The Balaban J connectivity index is 2.39. The van der Waals surface area contributed by atoms with Crippen LogP contribution in [0.4, 0.5) is 26.3 Å². The van der Waals surface area contributed by atoms with Crippen LogP contribution < -0.4 is 4.74 Å². The molecule has 3 atom stereocenters. The minimum absolute atomic E-state index is 0.0958. The zero-order chi connectivity index (χ0) is 16.7. The minimum Gasteiger partial charge on any atom is -0.434 e. The molecule has 0 N–H and O–H groups in total. The molecule has 2 rings (SSSR count). The van der Waals surface area contributed by atoms with Gasteiger partial charge in [-0.25, -0.2) is 4.39 Å². The van der Waals surface area contributed by atoms with Gasteiger partial charge in [0.05, 0.1) is 6.61 Å². The monoisotopic (exact) mass is 328 g/mol. The van der Waals surface area contributed by atoms with E-state index in [0.29, 0.717) is 0 Å². The zero-order valence-electron chi connectivity index (χ0n) is 11.8. The van der Waals surface area contributed by atoms with Crippen molar-refractivity contribution in [2.24, 2.45) is 5.92 Å². The highest BCUT2D eigenvalue weighted by Crippen LogP contribution is 2.45. The molecule has 3 unspecified atom stereocenters. The molecule has 0 saturated carbocycles. The maximum Gasteiger partial charge on any atom is 0.414 e. The van der Waals surface area contributed by atoms with E-state index in [9.17, 15) is 26.3 Å². The van der Waals surface area contributed by atoms with Crippen LogP contribution in [-0.2, 0) is 4.74 Å². The van der Waals surface area contributed by atoms with Gasteiger partial charge in [-0.1, -0.05) is 13.0 Å². The molecule has 0 aliphatic carbocycles. The number of ether oxygens (including phenoxy) is 2. The van der Waals surface area contributed by atoms with E-state index in [1.54, 1.807) is 0 Å². The summed E-state index contributed by atoms with van der Waals surface area (Å²) in [5, 5.41) is 0. The first kappa shape index (κ1) is 16.9. The van der Waals surface area contributed by atoms with E-state index >= 15 is 0 Å². The fraction of sp³-hybridized carbons (Fsp3) is 0.571. The lowest BCUT2D eigenvalue weighted by atomic mass is 9.85. The van der Waals surface area contributed by atoms with Crippen molar-refractivity contribution in [3.63, 3.8) is 0 Å². The Morgan fingerprint density at radius 1 is 1.27 bits per heavy atom. The standard InChI is InChI=1S/C14H14F6O2/c1-6-9(5-21-12(6)14(18,19)20)8-3-4-10(15)7(2)11(8)22-13(16)17/h3-4,6,9,12-13H,5H2,1-2H3. The number of alkyl halides is 5. The molecule has 0 aromatic heterocycles. The van der Waals surface area contributed by atoms with E-state index in [4.69, 9.17) is 4.74 Å². The third-order valence-electron chi connectivity index (χ3n) is 3.87. The molecule has 0 bridgehead atoms. The quantitative estimate of drug-likeness (QED) is 0.765. The molecule has 1 aliphatic heterocycles. The van der Waals surface area contributed by atoms with Crippen molar-refractivity contribution in [1.29, 1.82) is 0 Å². The molecule has 0 radical (unpaired) electrons. The third kappa shape index (κ3) is 3.16. The highest BCUT2D eigenvalue weighted by molar-refractivity contribution is 5.44. The van der Waals surface area contributed by atoms with Gasteiger partial charge in [0, 0.05) is 23.0 Å². The lowest BCUT2D eigenvalue weighted by molar-refractivity contribution is -0.215.